The van der Waals surface area contributed by atoms with E-state index in [4.69, 9.17) is 0 Å². The smallest absolute Gasteiger partial charge is 0.263 e. The maximum atomic E-state index is 12.3. The molecule has 8 heteroatoms. The quantitative estimate of drug-likeness (QED) is 0.888. The molecule has 0 amide bonds. The molecule has 86 valence electrons. The third-order valence-corrected chi connectivity index (χ3v) is 2.73. The predicted molar refractivity (Wildman–Crippen MR) is 51.9 cm³/mol. The maximum absolute atomic E-state index is 12.3. The Morgan fingerprint density at radius 2 is 2.12 bits per heavy atom. The standard InChI is InChI=1S/C8H7F3N4S/c1-2-5-13-6(15-14-5)4-3-16-7(12-4)8(9,10)11/h3H,2H2,1H3,(H,13,14,15). The number of halogens is 3. The van der Waals surface area contributed by atoms with Crippen LogP contribution < -0.4 is 0 Å². The van der Waals surface area contributed by atoms with Crippen molar-refractivity contribution in [2.45, 2.75) is 19.5 Å². The Morgan fingerprint density at radius 1 is 1.38 bits per heavy atom. The fourth-order valence-corrected chi connectivity index (χ4v) is 1.74. The van der Waals surface area contributed by atoms with Crippen LogP contribution in [-0.4, -0.2) is 20.2 Å². The monoisotopic (exact) mass is 248 g/mol. The maximum Gasteiger partial charge on any atom is 0.443 e. The van der Waals surface area contributed by atoms with Crippen molar-refractivity contribution < 1.29 is 13.2 Å². The number of hydrogen-bond donors (Lipinski definition) is 1. The van der Waals surface area contributed by atoms with E-state index in [0.717, 1.165) is 0 Å². The average Bonchev–Trinajstić information content (AvgIpc) is 2.85. The number of hydrogen-bond acceptors (Lipinski definition) is 4. The van der Waals surface area contributed by atoms with Gasteiger partial charge in [-0.3, -0.25) is 5.10 Å². The van der Waals surface area contributed by atoms with E-state index in [1.54, 1.807) is 0 Å². The molecule has 4 nitrogen and oxygen atoms in total. The first-order valence-corrected chi connectivity index (χ1v) is 5.33. The number of aromatic nitrogens is 4. The van der Waals surface area contributed by atoms with Gasteiger partial charge in [-0.1, -0.05) is 6.92 Å². The fourth-order valence-electron chi connectivity index (χ4n) is 1.07. The van der Waals surface area contributed by atoms with E-state index in [9.17, 15) is 13.2 Å². The van der Waals surface area contributed by atoms with Crippen molar-refractivity contribution in [3.63, 3.8) is 0 Å². The van der Waals surface area contributed by atoms with Crippen LogP contribution in [0.25, 0.3) is 11.5 Å². The van der Waals surface area contributed by atoms with Crippen LogP contribution in [0.5, 0.6) is 0 Å². The molecule has 0 unspecified atom stereocenters. The largest absolute Gasteiger partial charge is 0.443 e. The van der Waals surface area contributed by atoms with Crippen molar-refractivity contribution in [3.05, 3.63) is 16.2 Å². The first kappa shape index (κ1) is 11.1. The number of nitrogens with zero attached hydrogens (tertiary/aromatic N) is 3. The Labute approximate surface area is 92.6 Å². The molecular formula is C8H7F3N4S. The van der Waals surface area contributed by atoms with E-state index in [-0.39, 0.29) is 11.5 Å². The molecule has 1 N–H and O–H groups in total. The van der Waals surface area contributed by atoms with Crippen molar-refractivity contribution in [3.8, 4) is 11.5 Å². The Hall–Kier alpha value is -1.44. The van der Waals surface area contributed by atoms with Gasteiger partial charge in [0.05, 0.1) is 0 Å². The molecule has 0 bridgehead atoms. The van der Waals surface area contributed by atoms with Gasteiger partial charge >= 0.3 is 6.18 Å². The molecule has 16 heavy (non-hydrogen) atoms. The Balaban J connectivity index is 2.31. The second kappa shape index (κ2) is 3.85. The number of thiazole rings is 1. The zero-order valence-corrected chi connectivity index (χ0v) is 8.98. The lowest BCUT2D eigenvalue weighted by Crippen LogP contribution is -2.03. The van der Waals surface area contributed by atoms with Gasteiger partial charge in [-0.15, -0.1) is 11.3 Å². The summed E-state index contributed by atoms with van der Waals surface area (Å²) in [5, 5.41) is 6.83. The number of rotatable bonds is 2. The summed E-state index contributed by atoms with van der Waals surface area (Å²) in [6, 6.07) is 0. The fraction of sp³-hybridized carbons (Fsp3) is 0.375. The minimum absolute atomic E-state index is 0.147. The van der Waals surface area contributed by atoms with Crippen LogP contribution in [-0.2, 0) is 12.6 Å². The van der Waals surface area contributed by atoms with Crippen molar-refractivity contribution in [2.75, 3.05) is 0 Å². The first-order chi connectivity index (χ1) is 7.50. The summed E-state index contributed by atoms with van der Waals surface area (Å²) in [6.45, 7) is 1.87. The predicted octanol–water partition coefficient (Wildman–Crippen LogP) is 2.51. The summed E-state index contributed by atoms with van der Waals surface area (Å²) >= 11 is 0.538. The Kier molecular flexibility index (Phi) is 2.66. The van der Waals surface area contributed by atoms with E-state index in [0.29, 0.717) is 23.6 Å². The molecule has 2 aromatic heterocycles. The summed E-state index contributed by atoms with van der Waals surface area (Å²) < 4.78 is 36.9. The highest BCUT2D eigenvalue weighted by Gasteiger charge is 2.34. The number of H-pyrrole nitrogens is 1. The van der Waals surface area contributed by atoms with Gasteiger partial charge in [-0.25, -0.2) is 9.97 Å². The van der Waals surface area contributed by atoms with Crippen LogP contribution in [0.15, 0.2) is 5.38 Å². The van der Waals surface area contributed by atoms with Gasteiger partial charge in [0.15, 0.2) is 5.01 Å². The van der Waals surface area contributed by atoms with E-state index >= 15 is 0 Å². The molecule has 0 aromatic carbocycles. The zero-order valence-electron chi connectivity index (χ0n) is 8.17. The summed E-state index contributed by atoms with van der Waals surface area (Å²) in [7, 11) is 0. The lowest BCUT2D eigenvalue weighted by atomic mass is 10.4. The second-order valence-electron chi connectivity index (χ2n) is 2.99. The molecule has 0 aliphatic carbocycles. The highest BCUT2D eigenvalue weighted by Crippen LogP contribution is 2.33. The molecule has 0 spiro atoms. The second-order valence-corrected chi connectivity index (χ2v) is 3.85. The van der Waals surface area contributed by atoms with Gasteiger partial charge in [0.1, 0.15) is 11.5 Å². The number of nitrogens with one attached hydrogen (secondary N) is 1. The van der Waals surface area contributed by atoms with Crippen LogP contribution in [0, 0.1) is 0 Å². The molecule has 0 fully saturated rings. The van der Waals surface area contributed by atoms with Crippen molar-refractivity contribution in [1.82, 2.24) is 20.2 Å². The average molecular weight is 248 g/mol. The van der Waals surface area contributed by atoms with Crippen LogP contribution in [0.2, 0.25) is 0 Å². The van der Waals surface area contributed by atoms with Crippen molar-refractivity contribution in [1.29, 1.82) is 0 Å². The van der Waals surface area contributed by atoms with Gasteiger partial charge in [-0.05, 0) is 0 Å². The molecule has 0 saturated carbocycles. The van der Waals surface area contributed by atoms with Crippen molar-refractivity contribution in [2.24, 2.45) is 0 Å². The topological polar surface area (TPSA) is 54.5 Å². The summed E-state index contributed by atoms with van der Waals surface area (Å²) in [6.07, 6.45) is -3.77. The lowest BCUT2D eigenvalue weighted by molar-refractivity contribution is -0.137. The number of alkyl halides is 3. The number of aryl methyl sites for hydroxylation is 1. The van der Waals surface area contributed by atoms with Gasteiger partial charge in [0.2, 0.25) is 5.82 Å². The van der Waals surface area contributed by atoms with Gasteiger partial charge < -0.3 is 0 Å². The molecule has 0 atom stereocenters. The summed E-state index contributed by atoms with van der Waals surface area (Å²) in [5.74, 6) is 0.820. The van der Waals surface area contributed by atoms with Crippen LogP contribution >= 0.6 is 11.3 Å². The highest BCUT2D eigenvalue weighted by atomic mass is 32.1. The molecule has 0 radical (unpaired) electrons. The molecule has 2 aromatic rings. The van der Waals surface area contributed by atoms with Crippen LogP contribution in [0.3, 0.4) is 0 Å². The van der Waals surface area contributed by atoms with Gasteiger partial charge in [0.25, 0.3) is 0 Å². The third-order valence-electron chi connectivity index (χ3n) is 1.84. The summed E-state index contributed by atoms with van der Waals surface area (Å²) in [4.78, 5) is 7.45. The highest BCUT2D eigenvalue weighted by molar-refractivity contribution is 7.10. The third kappa shape index (κ3) is 2.06. The first-order valence-electron chi connectivity index (χ1n) is 4.45. The Morgan fingerprint density at radius 3 is 2.62 bits per heavy atom. The van der Waals surface area contributed by atoms with E-state index in [2.05, 4.69) is 20.2 Å². The van der Waals surface area contributed by atoms with Crippen molar-refractivity contribution >= 4 is 11.3 Å². The zero-order chi connectivity index (χ0) is 11.8. The normalized spacial score (nSPS) is 12.0. The molecule has 2 rings (SSSR count). The van der Waals surface area contributed by atoms with Gasteiger partial charge in [-0.2, -0.15) is 18.3 Å². The van der Waals surface area contributed by atoms with E-state index < -0.39 is 11.2 Å². The summed E-state index contributed by atoms with van der Waals surface area (Å²) in [5.41, 5.74) is 0.147. The molecule has 2 heterocycles. The SMILES string of the molecule is CCc1nc(-c2csc(C(F)(F)F)n2)n[nH]1. The minimum atomic E-state index is -4.41. The number of aromatic amines is 1. The van der Waals surface area contributed by atoms with Crippen LogP contribution in [0.1, 0.15) is 17.8 Å². The molecule has 0 aliphatic heterocycles. The minimum Gasteiger partial charge on any atom is -0.263 e. The Bertz CT molecular complexity index is 487. The molecule has 0 aliphatic rings. The lowest BCUT2D eigenvalue weighted by Gasteiger charge is -1.98. The van der Waals surface area contributed by atoms with E-state index in [1.165, 1.54) is 5.38 Å². The molecular weight excluding hydrogens is 241 g/mol. The van der Waals surface area contributed by atoms with Gasteiger partial charge in [0, 0.05) is 11.8 Å². The van der Waals surface area contributed by atoms with Crippen LogP contribution in [0.4, 0.5) is 13.2 Å². The molecule has 0 saturated heterocycles. The van der Waals surface area contributed by atoms with E-state index in [1.807, 2.05) is 6.92 Å².